The van der Waals surface area contributed by atoms with Crippen LogP contribution in [-0.4, -0.2) is 43.4 Å². The number of ether oxygens (including phenoxy) is 2. The van der Waals surface area contributed by atoms with Crippen molar-refractivity contribution in [2.75, 3.05) is 13.7 Å². The zero-order valence-corrected chi connectivity index (χ0v) is 16.0. The highest BCUT2D eigenvalue weighted by atomic mass is 16.6. The van der Waals surface area contributed by atoms with E-state index in [2.05, 4.69) is 24.5 Å². The summed E-state index contributed by atoms with van der Waals surface area (Å²) in [6, 6.07) is 0.267. The fraction of sp³-hybridized carbons (Fsp3) is 0.889. The van der Waals surface area contributed by atoms with Gasteiger partial charge in [0.15, 0.2) is 0 Å². The van der Waals surface area contributed by atoms with E-state index in [0.29, 0.717) is 6.54 Å². The van der Waals surface area contributed by atoms with Crippen LogP contribution in [-0.2, 0) is 14.3 Å². The summed E-state index contributed by atoms with van der Waals surface area (Å²) in [5.41, 5.74) is -0.504. The van der Waals surface area contributed by atoms with Crippen LogP contribution in [0.1, 0.15) is 60.3 Å². The number of alkyl carbamates (subject to hydrolysis) is 1. The first kappa shape index (κ1) is 20.7. The van der Waals surface area contributed by atoms with Gasteiger partial charge in [-0.3, -0.25) is 4.79 Å². The summed E-state index contributed by atoms with van der Waals surface area (Å²) in [5.74, 6) is 0.149. The molecular weight excluding hydrogens is 308 g/mol. The predicted molar refractivity (Wildman–Crippen MR) is 93.8 cm³/mol. The second-order valence-corrected chi connectivity index (χ2v) is 7.99. The molecule has 0 heterocycles. The third-order valence-electron chi connectivity index (χ3n) is 4.34. The second-order valence-electron chi connectivity index (χ2n) is 7.99. The van der Waals surface area contributed by atoms with Crippen molar-refractivity contribution in [3.05, 3.63) is 0 Å². The molecule has 1 saturated carbocycles. The largest absolute Gasteiger partial charge is 0.469 e. The quantitative estimate of drug-likeness (QED) is 0.726. The summed E-state index contributed by atoms with van der Waals surface area (Å²) in [7, 11) is 1.44. The average molecular weight is 342 g/mol. The van der Waals surface area contributed by atoms with Gasteiger partial charge < -0.3 is 20.1 Å². The molecule has 3 atom stereocenters. The highest BCUT2D eigenvalue weighted by molar-refractivity contribution is 5.72. The Kier molecular flexibility index (Phi) is 8.00. The molecule has 0 aliphatic heterocycles. The number of nitrogens with one attached hydrogen (secondary N) is 2. The highest BCUT2D eigenvalue weighted by Gasteiger charge is 2.29. The minimum Gasteiger partial charge on any atom is -0.469 e. The van der Waals surface area contributed by atoms with Gasteiger partial charge >= 0.3 is 12.1 Å². The topological polar surface area (TPSA) is 76.7 Å². The normalized spacial score (nSPS) is 22.8. The van der Waals surface area contributed by atoms with Gasteiger partial charge in [-0.1, -0.05) is 20.3 Å². The number of methoxy groups -OCH3 is 1. The van der Waals surface area contributed by atoms with Crippen molar-refractivity contribution in [2.24, 2.45) is 11.8 Å². The number of esters is 1. The van der Waals surface area contributed by atoms with Crippen molar-refractivity contribution in [1.82, 2.24) is 10.6 Å². The first-order valence-corrected chi connectivity index (χ1v) is 8.93. The number of rotatable bonds is 6. The molecule has 0 aromatic heterocycles. The Bertz CT molecular complexity index is 418. The zero-order valence-electron chi connectivity index (χ0n) is 16.0. The summed E-state index contributed by atoms with van der Waals surface area (Å²) in [4.78, 5) is 23.7. The lowest BCUT2D eigenvalue weighted by Gasteiger charge is -2.31. The Morgan fingerprint density at radius 1 is 1.21 bits per heavy atom. The summed E-state index contributed by atoms with van der Waals surface area (Å²) < 4.78 is 10.2. The van der Waals surface area contributed by atoms with Crippen LogP contribution < -0.4 is 10.6 Å². The van der Waals surface area contributed by atoms with Crippen LogP contribution in [0.15, 0.2) is 0 Å². The standard InChI is InChI=1S/C18H34N2O4/c1-12(2)15(20-17(22)24-18(3,4)5)11-19-14-9-7-8-13(10-14)16(21)23-6/h12-15,19H,7-11H2,1-6H3,(H,20,22). The number of carbonyl (C=O) groups is 2. The van der Waals surface area contributed by atoms with Crippen molar-refractivity contribution < 1.29 is 19.1 Å². The van der Waals surface area contributed by atoms with Gasteiger partial charge in [-0.2, -0.15) is 0 Å². The maximum atomic E-state index is 12.0. The molecule has 2 N–H and O–H groups in total. The lowest BCUT2D eigenvalue weighted by atomic mass is 9.85. The molecule has 1 fully saturated rings. The maximum Gasteiger partial charge on any atom is 0.407 e. The minimum atomic E-state index is -0.504. The molecule has 6 nitrogen and oxygen atoms in total. The molecule has 1 aliphatic rings. The molecule has 1 aliphatic carbocycles. The lowest BCUT2D eigenvalue weighted by molar-refractivity contribution is -0.146. The zero-order chi connectivity index (χ0) is 18.3. The summed E-state index contributed by atoms with van der Waals surface area (Å²) in [5, 5.41) is 6.44. The van der Waals surface area contributed by atoms with Crippen LogP contribution in [0.4, 0.5) is 4.79 Å². The van der Waals surface area contributed by atoms with Crippen molar-refractivity contribution in [3.8, 4) is 0 Å². The lowest BCUT2D eigenvalue weighted by Crippen LogP contribution is -2.49. The van der Waals surface area contributed by atoms with Crippen molar-refractivity contribution in [3.63, 3.8) is 0 Å². The van der Waals surface area contributed by atoms with E-state index in [1.54, 1.807) is 0 Å². The molecule has 3 unspecified atom stereocenters. The van der Waals surface area contributed by atoms with E-state index < -0.39 is 5.60 Å². The molecule has 140 valence electrons. The molecule has 0 radical (unpaired) electrons. The Balaban J connectivity index is 2.48. The van der Waals surface area contributed by atoms with Gasteiger partial charge in [-0.05, 0) is 46.0 Å². The fourth-order valence-electron chi connectivity index (χ4n) is 2.96. The van der Waals surface area contributed by atoms with E-state index in [1.807, 2.05) is 20.8 Å². The van der Waals surface area contributed by atoms with Gasteiger partial charge in [0.05, 0.1) is 13.0 Å². The van der Waals surface area contributed by atoms with Crippen molar-refractivity contribution in [1.29, 1.82) is 0 Å². The third kappa shape index (κ3) is 7.51. The molecule has 1 amide bonds. The molecular formula is C18H34N2O4. The highest BCUT2D eigenvalue weighted by Crippen LogP contribution is 2.25. The van der Waals surface area contributed by atoms with Crippen LogP contribution >= 0.6 is 0 Å². The fourth-order valence-corrected chi connectivity index (χ4v) is 2.96. The van der Waals surface area contributed by atoms with Gasteiger partial charge in [0.25, 0.3) is 0 Å². The van der Waals surface area contributed by atoms with Gasteiger partial charge in [0.2, 0.25) is 0 Å². The monoisotopic (exact) mass is 342 g/mol. The first-order valence-electron chi connectivity index (χ1n) is 8.93. The average Bonchev–Trinajstić information content (AvgIpc) is 2.48. The molecule has 6 heteroatoms. The van der Waals surface area contributed by atoms with E-state index in [1.165, 1.54) is 7.11 Å². The Morgan fingerprint density at radius 2 is 1.88 bits per heavy atom. The van der Waals surface area contributed by atoms with Gasteiger partial charge in [0.1, 0.15) is 5.60 Å². The van der Waals surface area contributed by atoms with E-state index in [4.69, 9.17) is 9.47 Å². The van der Waals surface area contributed by atoms with Crippen LogP contribution in [0, 0.1) is 11.8 Å². The van der Waals surface area contributed by atoms with Crippen LogP contribution in [0.5, 0.6) is 0 Å². The van der Waals surface area contributed by atoms with E-state index in [0.717, 1.165) is 25.7 Å². The predicted octanol–water partition coefficient (Wildman–Crippen LogP) is 2.86. The van der Waals surface area contributed by atoms with Crippen molar-refractivity contribution >= 4 is 12.1 Å². The van der Waals surface area contributed by atoms with Crippen LogP contribution in [0.3, 0.4) is 0 Å². The molecule has 0 aromatic carbocycles. The maximum absolute atomic E-state index is 12.0. The number of hydrogen-bond acceptors (Lipinski definition) is 5. The molecule has 0 bridgehead atoms. The number of carbonyl (C=O) groups excluding carboxylic acids is 2. The first-order chi connectivity index (χ1) is 11.1. The van der Waals surface area contributed by atoms with E-state index in [9.17, 15) is 9.59 Å². The summed E-state index contributed by atoms with van der Waals surface area (Å²) >= 11 is 0. The molecule has 0 aromatic rings. The molecule has 0 saturated heterocycles. The van der Waals surface area contributed by atoms with Crippen LogP contribution in [0.25, 0.3) is 0 Å². The Morgan fingerprint density at radius 3 is 2.42 bits per heavy atom. The van der Waals surface area contributed by atoms with Gasteiger partial charge in [-0.25, -0.2) is 4.79 Å². The van der Waals surface area contributed by atoms with Crippen molar-refractivity contribution in [2.45, 2.75) is 78.0 Å². The van der Waals surface area contributed by atoms with Gasteiger partial charge in [0, 0.05) is 18.6 Å². The Labute approximate surface area is 146 Å². The second kappa shape index (κ2) is 9.25. The minimum absolute atomic E-state index is 0.0154. The smallest absolute Gasteiger partial charge is 0.407 e. The SMILES string of the molecule is COC(=O)C1CCCC(NCC(NC(=O)OC(C)(C)C)C(C)C)C1. The molecule has 24 heavy (non-hydrogen) atoms. The molecule has 1 rings (SSSR count). The van der Waals surface area contributed by atoms with Crippen LogP contribution in [0.2, 0.25) is 0 Å². The number of amides is 1. The number of hydrogen-bond donors (Lipinski definition) is 2. The Hall–Kier alpha value is -1.30. The van der Waals surface area contributed by atoms with Gasteiger partial charge in [-0.15, -0.1) is 0 Å². The van der Waals surface area contributed by atoms with E-state index in [-0.39, 0.29) is 36.0 Å². The summed E-state index contributed by atoms with van der Waals surface area (Å²) in [6.45, 7) is 10.4. The molecule has 0 spiro atoms. The van der Waals surface area contributed by atoms with E-state index >= 15 is 0 Å². The summed E-state index contributed by atoms with van der Waals surface area (Å²) in [6.07, 6.45) is 3.37. The third-order valence-corrected chi connectivity index (χ3v) is 4.34.